The summed E-state index contributed by atoms with van der Waals surface area (Å²) in [7, 11) is 0. The molecule has 1 nitrogen and oxygen atoms in total. The van der Waals surface area contributed by atoms with Crippen LogP contribution in [0, 0.1) is 34.5 Å². The molecule has 0 aliphatic heterocycles. The average molecular weight is 430 g/mol. The zero-order valence-electron chi connectivity index (χ0n) is 17.0. The van der Waals surface area contributed by atoms with Gasteiger partial charge in [0.15, 0.2) is 0 Å². The molecule has 1 aromatic carbocycles. The minimum atomic E-state index is -0.0137. The molecule has 2 heteroatoms. The zero-order chi connectivity index (χ0) is 18.6. The molecular formula is C25H34OSe. The molecular weight excluding hydrogens is 395 g/mol. The Balaban J connectivity index is 1.41. The molecule has 0 aromatic heterocycles. The van der Waals surface area contributed by atoms with E-state index in [9.17, 15) is 4.79 Å². The molecule has 7 atom stereocenters. The number of benzene rings is 1. The van der Waals surface area contributed by atoms with Crippen LogP contribution in [0.4, 0.5) is 0 Å². The summed E-state index contributed by atoms with van der Waals surface area (Å²) in [5, 5.41) is 0. The van der Waals surface area contributed by atoms with Gasteiger partial charge in [0.2, 0.25) is 0 Å². The Kier molecular flexibility index (Phi) is 4.60. The van der Waals surface area contributed by atoms with E-state index in [-0.39, 0.29) is 5.41 Å². The molecule has 4 aliphatic rings. The number of fused-ring (bicyclic) bond motifs is 5. The van der Waals surface area contributed by atoms with Gasteiger partial charge in [-0.1, -0.05) is 0 Å². The maximum atomic E-state index is 13.5. The van der Waals surface area contributed by atoms with Crippen molar-refractivity contribution in [2.24, 2.45) is 34.5 Å². The molecule has 0 amide bonds. The Hall–Kier alpha value is -0.591. The number of ketones is 1. The third kappa shape index (κ3) is 2.81. The van der Waals surface area contributed by atoms with Crippen LogP contribution < -0.4 is 4.46 Å². The van der Waals surface area contributed by atoms with Crippen molar-refractivity contribution in [2.45, 2.75) is 76.5 Å². The molecule has 1 aromatic rings. The van der Waals surface area contributed by atoms with E-state index in [2.05, 4.69) is 44.2 Å². The Morgan fingerprint density at radius 1 is 0.926 bits per heavy atom. The summed E-state index contributed by atoms with van der Waals surface area (Å²) < 4.78 is 1.41. The van der Waals surface area contributed by atoms with Gasteiger partial charge in [0.05, 0.1) is 0 Å². The molecule has 0 spiro atoms. The summed E-state index contributed by atoms with van der Waals surface area (Å²) >= 11 is 0.306. The van der Waals surface area contributed by atoms with Crippen LogP contribution in [0.15, 0.2) is 30.3 Å². The Bertz CT molecular complexity index is 714. The van der Waals surface area contributed by atoms with Crippen LogP contribution >= 0.6 is 0 Å². The molecule has 2 unspecified atom stereocenters. The molecule has 4 aliphatic carbocycles. The topological polar surface area (TPSA) is 17.1 Å². The van der Waals surface area contributed by atoms with Crippen molar-refractivity contribution in [3.8, 4) is 0 Å². The van der Waals surface area contributed by atoms with Gasteiger partial charge in [0.1, 0.15) is 0 Å². The number of hydrogen-bond donors (Lipinski definition) is 0. The normalized spacial score (nSPS) is 46.4. The summed E-state index contributed by atoms with van der Waals surface area (Å²) in [6.07, 6.45) is 12.3. The third-order valence-corrected chi connectivity index (χ3v) is 11.9. The predicted octanol–water partition coefficient (Wildman–Crippen LogP) is 5.42. The van der Waals surface area contributed by atoms with Gasteiger partial charge in [-0.25, -0.2) is 0 Å². The van der Waals surface area contributed by atoms with Gasteiger partial charge in [-0.05, 0) is 0 Å². The van der Waals surface area contributed by atoms with Crippen molar-refractivity contribution in [1.82, 2.24) is 0 Å². The van der Waals surface area contributed by atoms with Crippen molar-refractivity contribution in [3.05, 3.63) is 30.3 Å². The molecule has 27 heavy (non-hydrogen) atoms. The first kappa shape index (κ1) is 18.4. The fourth-order valence-electron chi connectivity index (χ4n) is 7.83. The minimum absolute atomic E-state index is 0.0137. The second-order valence-corrected chi connectivity index (χ2v) is 13.1. The molecule has 0 bridgehead atoms. The van der Waals surface area contributed by atoms with Crippen molar-refractivity contribution in [2.75, 3.05) is 0 Å². The van der Waals surface area contributed by atoms with E-state index in [1.165, 1.54) is 62.2 Å². The van der Waals surface area contributed by atoms with Crippen LogP contribution in [0.2, 0.25) is 4.82 Å². The van der Waals surface area contributed by atoms with Crippen molar-refractivity contribution in [3.63, 3.8) is 0 Å². The van der Waals surface area contributed by atoms with E-state index in [0.29, 0.717) is 36.9 Å². The van der Waals surface area contributed by atoms with Crippen LogP contribution in [0.3, 0.4) is 0 Å². The first-order valence-corrected chi connectivity index (χ1v) is 13.1. The van der Waals surface area contributed by atoms with E-state index in [1.807, 2.05) is 0 Å². The Morgan fingerprint density at radius 3 is 2.56 bits per heavy atom. The molecule has 0 N–H and O–H groups in total. The molecule has 4 fully saturated rings. The molecule has 4 saturated carbocycles. The van der Waals surface area contributed by atoms with Crippen molar-refractivity contribution < 1.29 is 4.79 Å². The molecule has 146 valence electrons. The standard InChI is InChI=1S/C25H34OSe/c1-24-14-7-6-8-17(24)11-12-19-20(24)13-15-25(2)21(19)16-22(23(25)26)27-18-9-4-3-5-10-18/h3-5,9-10,17,19-22H,6-8,11-16H2,1-2H3/t17-,19-,20?,21+,22?,24+,25+/m1/s1. The predicted molar refractivity (Wildman–Crippen MR) is 112 cm³/mol. The fraction of sp³-hybridized carbons (Fsp3) is 0.720. The Labute approximate surface area is 171 Å². The van der Waals surface area contributed by atoms with Crippen LogP contribution in [0.1, 0.15) is 71.6 Å². The molecule has 0 heterocycles. The summed E-state index contributed by atoms with van der Waals surface area (Å²) in [5.41, 5.74) is 0.564. The van der Waals surface area contributed by atoms with E-state index in [0.717, 1.165) is 17.8 Å². The molecule has 0 radical (unpaired) electrons. The summed E-state index contributed by atoms with van der Waals surface area (Å²) in [6, 6.07) is 10.8. The third-order valence-electron chi connectivity index (χ3n) is 9.32. The van der Waals surface area contributed by atoms with E-state index in [1.54, 1.807) is 0 Å². The maximum absolute atomic E-state index is 13.5. The van der Waals surface area contributed by atoms with Gasteiger partial charge in [-0.15, -0.1) is 0 Å². The number of Topliss-reactive ketones (excluding diaryl/α,β-unsaturated/α-hetero) is 1. The van der Waals surface area contributed by atoms with Crippen molar-refractivity contribution >= 4 is 25.2 Å². The van der Waals surface area contributed by atoms with Crippen LogP contribution in [0.25, 0.3) is 0 Å². The summed E-state index contributed by atoms with van der Waals surface area (Å²) in [4.78, 5) is 13.8. The quantitative estimate of drug-likeness (QED) is 0.574. The number of carbonyl (C=O) groups excluding carboxylic acids is 1. The summed E-state index contributed by atoms with van der Waals surface area (Å²) in [6.45, 7) is 4.99. The first-order chi connectivity index (χ1) is 13.0. The molecule has 5 rings (SSSR count). The van der Waals surface area contributed by atoms with Crippen LogP contribution in [0.5, 0.6) is 0 Å². The van der Waals surface area contributed by atoms with Gasteiger partial charge >= 0.3 is 171 Å². The van der Waals surface area contributed by atoms with Gasteiger partial charge in [-0.2, -0.15) is 0 Å². The number of hydrogen-bond acceptors (Lipinski definition) is 1. The average Bonchev–Trinajstić information content (AvgIpc) is 2.93. The SMILES string of the molecule is C[C@]12CCC3[C@@H](CC[C@H]4CCCC[C@]34C)[C@@H]1CC([Se]c1ccccc1)C2=O. The van der Waals surface area contributed by atoms with Gasteiger partial charge in [0, 0.05) is 0 Å². The fourth-order valence-corrected chi connectivity index (χ4v) is 10.6. The van der Waals surface area contributed by atoms with E-state index >= 15 is 0 Å². The second-order valence-electron chi connectivity index (χ2n) is 10.4. The van der Waals surface area contributed by atoms with Gasteiger partial charge in [-0.3, -0.25) is 0 Å². The zero-order valence-corrected chi connectivity index (χ0v) is 18.7. The van der Waals surface area contributed by atoms with Crippen LogP contribution in [-0.2, 0) is 4.79 Å². The summed E-state index contributed by atoms with van der Waals surface area (Å²) in [5.74, 6) is 3.98. The first-order valence-electron chi connectivity index (χ1n) is 11.3. The van der Waals surface area contributed by atoms with E-state index < -0.39 is 0 Å². The van der Waals surface area contributed by atoms with Gasteiger partial charge < -0.3 is 0 Å². The second kappa shape index (κ2) is 6.74. The Morgan fingerprint density at radius 2 is 1.74 bits per heavy atom. The van der Waals surface area contributed by atoms with E-state index in [4.69, 9.17) is 0 Å². The van der Waals surface area contributed by atoms with Crippen molar-refractivity contribution in [1.29, 1.82) is 0 Å². The monoisotopic (exact) mass is 430 g/mol. The number of rotatable bonds is 2. The number of carbonyl (C=O) groups is 1. The van der Waals surface area contributed by atoms with Gasteiger partial charge in [0.25, 0.3) is 0 Å². The molecule has 0 saturated heterocycles. The van der Waals surface area contributed by atoms with Crippen LogP contribution in [-0.4, -0.2) is 20.7 Å².